The molecule has 1 amide bonds. The monoisotopic (exact) mass is 375 g/mol. The highest BCUT2D eigenvalue weighted by Gasteiger charge is 2.31. The molecule has 5 heteroatoms. The summed E-state index contributed by atoms with van der Waals surface area (Å²) < 4.78 is 17.2. The fourth-order valence-electron chi connectivity index (χ4n) is 3.04. The largest absolute Gasteiger partial charge is 0.489 e. The summed E-state index contributed by atoms with van der Waals surface area (Å²) in [5.41, 5.74) is 2.02. The van der Waals surface area contributed by atoms with Crippen molar-refractivity contribution in [3.63, 3.8) is 0 Å². The van der Waals surface area contributed by atoms with Gasteiger partial charge in [0.1, 0.15) is 12.4 Å². The molecule has 1 aliphatic rings. The van der Waals surface area contributed by atoms with Crippen LogP contribution in [0.5, 0.6) is 17.2 Å². The Labute approximate surface area is 163 Å². The highest BCUT2D eigenvalue weighted by atomic mass is 16.7. The molecule has 1 N–H and O–H groups in total. The van der Waals surface area contributed by atoms with Crippen molar-refractivity contribution >= 4 is 11.6 Å². The molecule has 0 aromatic heterocycles. The van der Waals surface area contributed by atoms with Crippen LogP contribution in [0.1, 0.15) is 29.8 Å². The quantitative estimate of drug-likeness (QED) is 0.680. The van der Waals surface area contributed by atoms with E-state index in [-0.39, 0.29) is 5.91 Å². The molecule has 1 heterocycles. The van der Waals surface area contributed by atoms with E-state index < -0.39 is 5.79 Å². The number of anilines is 1. The minimum absolute atomic E-state index is 0.203. The van der Waals surface area contributed by atoms with Gasteiger partial charge >= 0.3 is 0 Å². The first kappa shape index (κ1) is 17.9. The molecule has 3 aromatic carbocycles. The van der Waals surface area contributed by atoms with Crippen LogP contribution in [-0.4, -0.2) is 11.7 Å². The zero-order chi connectivity index (χ0) is 19.6. The highest BCUT2D eigenvalue weighted by Crippen LogP contribution is 2.40. The molecular formula is C23H21NO4. The molecule has 5 nitrogen and oxygen atoms in total. The van der Waals surface area contributed by atoms with Crippen LogP contribution in [0.2, 0.25) is 0 Å². The van der Waals surface area contributed by atoms with E-state index in [1.54, 1.807) is 24.3 Å². The Kier molecular flexibility index (Phi) is 4.65. The third kappa shape index (κ3) is 3.93. The van der Waals surface area contributed by atoms with E-state index >= 15 is 0 Å². The summed E-state index contributed by atoms with van der Waals surface area (Å²) in [6, 6.07) is 22.3. The van der Waals surface area contributed by atoms with Gasteiger partial charge < -0.3 is 19.5 Å². The van der Waals surface area contributed by atoms with E-state index in [9.17, 15) is 4.79 Å². The van der Waals surface area contributed by atoms with Crippen LogP contribution < -0.4 is 19.5 Å². The first-order chi connectivity index (χ1) is 13.5. The van der Waals surface area contributed by atoms with Crippen molar-refractivity contribution in [2.45, 2.75) is 26.2 Å². The second-order valence-electron chi connectivity index (χ2n) is 6.98. The van der Waals surface area contributed by atoms with E-state index in [2.05, 4.69) is 5.32 Å². The second kappa shape index (κ2) is 7.27. The number of hydrogen-bond donors (Lipinski definition) is 1. The normalized spacial score (nSPS) is 13.8. The molecule has 0 fully saturated rings. The van der Waals surface area contributed by atoms with E-state index in [4.69, 9.17) is 14.2 Å². The summed E-state index contributed by atoms with van der Waals surface area (Å²) in [6.07, 6.45) is 0. The molecule has 28 heavy (non-hydrogen) atoms. The third-order valence-corrected chi connectivity index (χ3v) is 4.31. The molecule has 142 valence electrons. The topological polar surface area (TPSA) is 56.8 Å². The molecule has 0 atom stereocenters. The molecule has 0 aliphatic carbocycles. The summed E-state index contributed by atoms with van der Waals surface area (Å²) in [7, 11) is 0. The third-order valence-electron chi connectivity index (χ3n) is 4.31. The molecule has 0 saturated heterocycles. The van der Waals surface area contributed by atoms with Crippen molar-refractivity contribution in [3.8, 4) is 17.2 Å². The predicted molar refractivity (Wildman–Crippen MR) is 107 cm³/mol. The zero-order valence-corrected chi connectivity index (χ0v) is 15.8. The van der Waals surface area contributed by atoms with Gasteiger partial charge in [-0.2, -0.15) is 0 Å². The SMILES string of the molecule is CC1(C)Oc2ccc(NC(=O)c3ccccc3COc3ccccc3)cc2O1. The van der Waals surface area contributed by atoms with Gasteiger partial charge in [0.2, 0.25) is 5.79 Å². The van der Waals surface area contributed by atoms with Gasteiger partial charge in [-0.1, -0.05) is 36.4 Å². The van der Waals surface area contributed by atoms with Crippen molar-refractivity contribution in [1.29, 1.82) is 0 Å². The number of fused-ring (bicyclic) bond motifs is 1. The number of amides is 1. The van der Waals surface area contributed by atoms with Crippen LogP contribution in [0.15, 0.2) is 72.8 Å². The Morgan fingerprint density at radius 1 is 0.929 bits per heavy atom. The van der Waals surface area contributed by atoms with Gasteiger partial charge in [0.15, 0.2) is 11.5 Å². The standard InChI is InChI=1S/C23H21NO4/c1-23(2)27-20-13-12-17(14-21(20)28-23)24-22(25)19-11-7-6-8-16(19)15-26-18-9-4-3-5-10-18/h3-14H,15H2,1-2H3,(H,24,25). The summed E-state index contributed by atoms with van der Waals surface area (Å²) in [4.78, 5) is 12.8. The summed E-state index contributed by atoms with van der Waals surface area (Å²) >= 11 is 0. The lowest BCUT2D eigenvalue weighted by Gasteiger charge is -2.16. The molecule has 3 aromatic rings. The average molecular weight is 375 g/mol. The van der Waals surface area contributed by atoms with E-state index in [0.717, 1.165) is 11.3 Å². The number of carbonyl (C=O) groups is 1. The van der Waals surface area contributed by atoms with Gasteiger partial charge in [0.25, 0.3) is 5.91 Å². The van der Waals surface area contributed by atoms with Crippen LogP contribution in [-0.2, 0) is 6.61 Å². The number of hydrogen-bond acceptors (Lipinski definition) is 4. The maximum atomic E-state index is 12.8. The summed E-state index contributed by atoms with van der Waals surface area (Å²) in [5.74, 6) is 1.14. The molecule has 0 bridgehead atoms. The van der Waals surface area contributed by atoms with Crippen molar-refractivity contribution in [1.82, 2.24) is 0 Å². The van der Waals surface area contributed by atoms with E-state index in [0.29, 0.717) is 29.4 Å². The highest BCUT2D eigenvalue weighted by molar-refractivity contribution is 6.05. The van der Waals surface area contributed by atoms with Gasteiger partial charge in [0.05, 0.1) is 0 Å². The maximum absolute atomic E-state index is 12.8. The smallest absolute Gasteiger partial charge is 0.256 e. The van der Waals surface area contributed by atoms with E-state index in [1.807, 2.05) is 62.4 Å². The molecule has 4 rings (SSSR count). The minimum Gasteiger partial charge on any atom is -0.489 e. The first-order valence-electron chi connectivity index (χ1n) is 9.09. The van der Waals surface area contributed by atoms with Gasteiger partial charge in [-0.3, -0.25) is 4.79 Å². The Hall–Kier alpha value is -3.47. The van der Waals surface area contributed by atoms with Crippen molar-refractivity contribution < 1.29 is 19.0 Å². The Morgan fingerprint density at radius 2 is 1.64 bits per heavy atom. The van der Waals surface area contributed by atoms with Crippen molar-refractivity contribution in [3.05, 3.63) is 83.9 Å². The lowest BCUT2D eigenvalue weighted by atomic mass is 10.1. The van der Waals surface area contributed by atoms with Gasteiger partial charge in [0, 0.05) is 36.7 Å². The predicted octanol–water partition coefficient (Wildman–Crippen LogP) is 5.03. The number of carbonyl (C=O) groups excluding carboxylic acids is 1. The van der Waals surface area contributed by atoms with Gasteiger partial charge in [-0.15, -0.1) is 0 Å². The number of rotatable bonds is 5. The van der Waals surface area contributed by atoms with Gasteiger partial charge in [-0.05, 0) is 30.3 Å². The van der Waals surface area contributed by atoms with Crippen LogP contribution in [0.3, 0.4) is 0 Å². The Morgan fingerprint density at radius 3 is 2.46 bits per heavy atom. The Balaban J connectivity index is 1.49. The van der Waals surface area contributed by atoms with Crippen LogP contribution in [0.25, 0.3) is 0 Å². The first-order valence-corrected chi connectivity index (χ1v) is 9.09. The van der Waals surface area contributed by atoms with Crippen molar-refractivity contribution in [2.75, 3.05) is 5.32 Å². The van der Waals surface area contributed by atoms with Crippen molar-refractivity contribution in [2.24, 2.45) is 0 Å². The van der Waals surface area contributed by atoms with E-state index in [1.165, 1.54) is 0 Å². The fraction of sp³-hybridized carbons (Fsp3) is 0.174. The maximum Gasteiger partial charge on any atom is 0.256 e. The van der Waals surface area contributed by atoms with Crippen LogP contribution in [0, 0.1) is 0 Å². The number of nitrogens with one attached hydrogen (secondary N) is 1. The van der Waals surface area contributed by atoms with Gasteiger partial charge in [-0.25, -0.2) is 0 Å². The number of benzene rings is 3. The summed E-state index contributed by atoms with van der Waals surface area (Å²) in [5, 5.41) is 2.92. The van der Waals surface area contributed by atoms with Crippen LogP contribution in [0.4, 0.5) is 5.69 Å². The molecular weight excluding hydrogens is 354 g/mol. The fourth-order valence-corrected chi connectivity index (χ4v) is 3.04. The molecule has 0 spiro atoms. The zero-order valence-electron chi connectivity index (χ0n) is 15.8. The Bertz CT molecular complexity index is 998. The molecule has 0 radical (unpaired) electrons. The minimum atomic E-state index is -0.702. The number of para-hydroxylation sites is 1. The number of ether oxygens (including phenoxy) is 3. The average Bonchev–Trinajstić information content (AvgIpc) is 3.00. The van der Waals surface area contributed by atoms with Crippen LogP contribution >= 0.6 is 0 Å². The lowest BCUT2D eigenvalue weighted by molar-refractivity contribution is -0.0431. The summed E-state index contributed by atoms with van der Waals surface area (Å²) in [6.45, 7) is 3.99. The molecule has 0 unspecified atom stereocenters. The second-order valence-corrected chi connectivity index (χ2v) is 6.98. The lowest BCUT2D eigenvalue weighted by Crippen LogP contribution is -2.29. The molecule has 1 aliphatic heterocycles. The molecule has 0 saturated carbocycles.